The average Bonchev–Trinajstić information content (AvgIpc) is 2.19. The van der Waals surface area contributed by atoms with Gasteiger partial charge >= 0.3 is 0 Å². The monoisotopic (exact) mass is 260 g/mol. The summed E-state index contributed by atoms with van der Waals surface area (Å²) in [7, 11) is 0. The normalized spacial score (nSPS) is 33.2. The van der Waals surface area contributed by atoms with E-state index >= 15 is 0 Å². The van der Waals surface area contributed by atoms with Crippen LogP contribution in [0.2, 0.25) is 0 Å². The SMILES string of the molecule is CCCCC1CC(CCC)CCC1Br. The Bertz CT molecular complexity index is 144. The van der Waals surface area contributed by atoms with Gasteiger partial charge in [-0.25, -0.2) is 0 Å². The molecule has 3 unspecified atom stereocenters. The summed E-state index contributed by atoms with van der Waals surface area (Å²) >= 11 is 3.86. The molecule has 0 aromatic heterocycles. The van der Waals surface area contributed by atoms with E-state index in [9.17, 15) is 0 Å². The van der Waals surface area contributed by atoms with Gasteiger partial charge in [-0.2, -0.15) is 0 Å². The lowest BCUT2D eigenvalue weighted by atomic mass is 9.77. The molecule has 1 saturated carbocycles. The summed E-state index contributed by atoms with van der Waals surface area (Å²) in [5.41, 5.74) is 0. The van der Waals surface area contributed by atoms with Crippen LogP contribution in [0.15, 0.2) is 0 Å². The van der Waals surface area contributed by atoms with E-state index in [2.05, 4.69) is 29.8 Å². The lowest BCUT2D eigenvalue weighted by molar-refractivity contribution is 0.250. The van der Waals surface area contributed by atoms with Gasteiger partial charge < -0.3 is 0 Å². The van der Waals surface area contributed by atoms with Gasteiger partial charge in [0.05, 0.1) is 0 Å². The Hall–Kier alpha value is 0.480. The van der Waals surface area contributed by atoms with Gasteiger partial charge in [0, 0.05) is 4.83 Å². The highest BCUT2D eigenvalue weighted by Gasteiger charge is 2.27. The molecule has 1 fully saturated rings. The van der Waals surface area contributed by atoms with Crippen molar-refractivity contribution in [3.05, 3.63) is 0 Å². The molecule has 0 bridgehead atoms. The first-order valence-electron chi connectivity index (χ1n) is 6.42. The van der Waals surface area contributed by atoms with E-state index in [0.717, 1.165) is 16.7 Å². The van der Waals surface area contributed by atoms with E-state index in [1.165, 1.54) is 51.4 Å². The Morgan fingerprint density at radius 3 is 2.50 bits per heavy atom. The second-order valence-corrected chi connectivity index (χ2v) is 6.06. The van der Waals surface area contributed by atoms with Gasteiger partial charge in [-0.15, -0.1) is 0 Å². The van der Waals surface area contributed by atoms with E-state index < -0.39 is 0 Å². The number of alkyl halides is 1. The average molecular weight is 261 g/mol. The van der Waals surface area contributed by atoms with Crippen molar-refractivity contribution in [3.8, 4) is 0 Å². The minimum Gasteiger partial charge on any atom is -0.0888 e. The van der Waals surface area contributed by atoms with Crippen LogP contribution in [0.3, 0.4) is 0 Å². The van der Waals surface area contributed by atoms with Gasteiger partial charge in [0.25, 0.3) is 0 Å². The highest BCUT2D eigenvalue weighted by molar-refractivity contribution is 9.09. The molecule has 0 nitrogen and oxygen atoms in total. The molecule has 0 heterocycles. The van der Waals surface area contributed by atoms with Crippen LogP contribution in [0.25, 0.3) is 0 Å². The fourth-order valence-electron chi connectivity index (χ4n) is 2.76. The summed E-state index contributed by atoms with van der Waals surface area (Å²) in [6.07, 6.45) is 11.4. The first-order chi connectivity index (χ1) is 6.77. The molecule has 0 aliphatic heterocycles. The standard InChI is InChI=1S/C13H25Br/c1-3-5-7-12-10-11(6-4-2)8-9-13(12)14/h11-13H,3-10H2,1-2H3. The van der Waals surface area contributed by atoms with Crippen LogP contribution in [0, 0.1) is 11.8 Å². The quantitative estimate of drug-likeness (QED) is 0.600. The maximum atomic E-state index is 3.86. The number of halogens is 1. The Labute approximate surface area is 98.0 Å². The summed E-state index contributed by atoms with van der Waals surface area (Å²) in [6, 6.07) is 0. The van der Waals surface area contributed by atoms with Crippen LogP contribution in [-0.2, 0) is 0 Å². The number of rotatable bonds is 5. The van der Waals surface area contributed by atoms with Crippen molar-refractivity contribution in [1.82, 2.24) is 0 Å². The summed E-state index contributed by atoms with van der Waals surface area (Å²) in [5.74, 6) is 2.01. The molecule has 1 aliphatic rings. The topological polar surface area (TPSA) is 0 Å². The summed E-state index contributed by atoms with van der Waals surface area (Å²) in [4.78, 5) is 0.821. The smallest absolute Gasteiger partial charge is 0.0174 e. The molecule has 0 N–H and O–H groups in total. The van der Waals surface area contributed by atoms with Crippen molar-refractivity contribution in [3.63, 3.8) is 0 Å². The molecule has 1 rings (SSSR count). The van der Waals surface area contributed by atoms with Gasteiger partial charge in [-0.1, -0.05) is 55.5 Å². The minimum atomic E-state index is 0.821. The number of hydrogen-bond donors (Lipinski definition) is 0. The maximum Gasteiger partial charge on any atom is 0.0174 e. The number of unbranched alkanes of at least 4 members (excludes halogenated alkanes) is 1. The van der Waals surface area contributed by atoms with E-state index in [1.807, 2.05) is 0 Å². The van der Waals surface area contributed by atoms with E-state index in [-0.39, 0.29) is 0 Å². The number of hydrogen-bond acceptors (Lipinski definition) is 0. The van der Waals surface area contributed by atoms with E-state index in [4.69, 9.17) is 0 Å². The van der Waals surface area contributed by atoms with Gasteiger partial charge in [0.1, 0.15) is 0 Å². The Balaban J connectivity index is 2.30. The second-order valence-electron chi connectivity index (χ2n) is 4.89. The summed E-state index contributed by atoms with van der Waals surface area (Å²) in [5, 5.41) is 0. The predicted molar refractivity (Wildman–Crippen MR) is 68.0 cm³/mol. The van der Waals surface area contributed by atoms with E-state index in [0.29, 0.717) is 0 Å². The van der Waals surface area contributed by atoms with Crippen molar-refractivity contribution in [2.75, 3.05) is 0 Å². The van der Waals surface area contributed by atoms with Gasteiger partial charge in [-0.3, -0.25) is 0 Å². The molecule has 0 aromatic carbocycles. The zero-order valence-corrected chi connectivity index (χ0v) is 11.4. The van der Waals surface area contributed by atoms with Crippen LogP contribution in [-0.4, -0.2) is 4.83 Å². The van der Waals surface area contributed by atoms with Crippen molar-refractivity contribution in [2.24, 2.45) is 11.8 Å². The second kappa shape index (κ2) is 6.87. The molecule has 0 saturated heterocycles. The third-order valence-electron chi connectivity index (χ3n) is 3.62. The molecular formula is C13H25Br. The van der Waals surface area contributed by atoms with Crippen molar-refractivity contribution < 1.29 is 0 Å². The molecule has 84 valence electrons. The van der Waals surface area contributed by atoms with Crippen LogP contribution in [0.5, 0.6) is 0 Å². The lowest BCUT2D eigenvalue weighted by Gasteiger charge is -2.33. The lowest BCUT2D eigenvalue weighted by Crippen LogP contribution is -2.25. The van der Waals surface area contributed by atoms with Gasteiger partial charge in [-0.05, 0) is 37.5 Å². The molecule has 14 heavy (non-hydrogen) atoms. The third-order valence-corrected chi connectivity index (χ3v) is 4.83. The molecule has 0 radical (unpaired) electrons. The largest absolute Gasteiger partial charge is 0.0888 e. The van der Waals surface area contributed by atoms with Crippen molar-refractivity contribution in [1.29, 1.82) is 0 Å². The van der Waals surface area contributed by atoms with Crippen molar-refractivity contribution in [2.45, 2.75) is 70.0 Å². The Kier molecular flexibility index (Phi) is 6.16. The highest BCUT2D eigenvalue weighted by atomic mass is 79.9. The van der Waals surface area contributed by atoms with Crippen LogP contribution < -0.4 is 0 Å². The van der Waals surface area contributed by atoms with Crippen LogP contribution >= 0.6 is 15.9 Å². The molecule has 0 amide bonds. The molecule has 3 atom stereocenters. The highest BCUT2D eigenvalue weighted by Crippen LogP contribution is 2.38. The fraction of sp³-hybridized carbons (Fsp3) is 1.00. The zero-order chi connectivity index (χ0) is 10.4. The molecule has 1 aliphatic carbocycles. The van der Waals surface area contributed by atoms with Gasteiger partial charge in [0.2, 0.25) is 0 Å². The zero-order valence-electron chi connectivity index (χ0n) is 9.77. The molecule has 1 heteroatoms. The molecule has 0 aromatic rings. The minimum absolute atomic E-state index is 0.821. The predicted octanol–water partition coefficient (Wildman–Crippen LogP) is 5.16. The first-order valence-corrected chi connectivity index (χ1v) is 7.33. The third kappa shape index (κ3) is 3.92. The van der Waals surface area contributed by atoms with Crippen LogP contribution in [0.4, 0.5) is 0 Å². The summed E-state index contributed by atoms with van der Waals surface area (Å²) < 4.78 is 0. The van der Waals surface area contributed by atoms with E-state index in [1.54, 1.807) is 0 Å². The Morgan fingerprint density at radius 2 is 1.86 bits per heavy atom. The maximum absolute atomic E-state index is 3.86. The first kappa shape index (κ1) is 12.5. The molecular weight excluding hydrogens is 236 g/mol. The van der Waals surface area contributed by atoms with Crippen molar-refractivity contribution >= 4 is 15.9 Å². The molecule has 0 spiro atoms. The van der Waals surface area contributed by atoms with Gasteiger partial charge in [0.15, 0.2) is 0 Å². The fourth-order valence-corrected chi connectivity index (χ4v) is 3.50. The Morgan fingerprint density at radius 1 is 1.07 bits per heavy atom. The summed E-state index contributed by atoms with van der Waals surface area (Å²) in [6.45, 7) is 4.62. The van der Waals surface area contributed by atoms with Crippen LogP contribution in [0.1, 0.15) is 65.2 Å².